The van der Waals surface area contributed by atoms with Crippen LogP contribution in [0, 0.1) is 11.3 Å². The Morgan fingerprint density at radius 3 is 2.83 bits per heavy atom. The van der Waals surface area contributed by atoms with Crippen LogP contribution in [0.5, 0.6) is 0 Å². The first kappa shape index (κ1) is 12.3. The van der Waals surface area contributed by atoms with Crippen molar-refractivity contribution in [3.8, 4) is 6.07 Å². The van der Waals surface area contributed by atoms with E-state index in [1.807, 2.05) is 6.07 Å². The number of carbonyl (C=O) groups is 1. The third-order valence-corrected chi connectivity index (χ3v) is 2.66. The zero-order chi connectivity index (χ0) is 12.8. The fraction of sp³-hybridized carbons (Fsp3) is 0.455. The van der Waals surface area contributed by atoms with Crippen LogP contribution in [0.4, 0.5) is 5.82 Å². The Kier molecular flexibility index (Phi) is 4.04. The molecule has 2 N–H and O–H groups in total. The summed E-state index contributed by atoms with van der Waals surface area (Å²) in [6.07, 6.45) is 2.82. The van der Waals surface area contributed by atoms with Crippen molar-refractivity contribution in [2.45, 2.75) is 0 Å². The van der Waals surface area contributed by atoms with Gasteiger partial charge in [0.2, 0.25) is 5.91 Å². The molecule has 0 aromatic carbocycles. The van der Waals surface area contributed by atoms with Gasteiger partial charge in [0.1, 0.15) is 11.9 Å². The SMILES string of the molecule is N#Cc1cnc(NCC(=O)N2CCNCC2)cn1. The number of piperazine rings is 1. The fourth-order valence-electron chi connectivity index (χ4n) is 1.67. The molecule has 1 fully saturated rings. The van der Waals surface area contributed by atoms with Crippen molar-refractivity contribution >= 4 is 11.7 Å². The summed E-state index contributed by atoms with van der Waals surface area (Å²) in [6, 6.07) is 1.89. The number of rotatable bonds is 3. The lowest BCUT2D eigenvalue weighted by atomic mass is 10.3. The third-order valence-electron chi connectivity index (χ3n) is 2.66. The molecular weight excluding hydrogens is 232 g/mol. The van der Waals surface area contributed by atoms with E-state index in [-0.39, 0.29) is 18.1 Å². The molecule has 1 aliphatic heterocycles. The van der Waals surface area contributed by atoms with Crippen molar-refractivity contribution in [3.05, 3.63) is 18.1 Å². The first-order chi connectivity index (χ1) is 8.79. The molecule has 1 aromatic heterocycles. The molecule has 7 nitrogen and oxygen atoms in total. The van der Waals surface area contributed by atoms with Gasteiger partial charge in [0, 0.05) is 26.2 Å². The standard InChI is InChI=1S/C11H14N6O/c12-5-9-6-15-10(7-14-9)16-8-11(18)17-3-1-13-2-4-17/h6-7,13H,1-4,8H2,(H,15,16). The van der Waals surface area contributed by atoms with Crippen LogP contribution in [-0.4, -0.2) is 53.5 Å². The van der Waals surface area contributed by atoms with Crippen molar-refractivity contribution in [2.75, 3.05) is 38.0 Å². The van der Waals surface area contributed by atoms with Gasteiger partial charge in [0.05, 0.1) is 18.9 Å². The minimum Gasteiger partial charge on any atom is -0.360 e. The van der Waals surface area contributed by atoms with Crippen molar-refractivity contribution in [2.24, 2.45) is 0 Å². The van der Waals surface area contributed by atoms with Crippen LogP contribution in [0.25, 0.3) is 0 Å². The van der Waals surface area contributed by atoms with Gasteiger partial charge in [0.15, 0.2) is 5.69 Å². The third kappa shape index (κ3) is 3.15. The summed E-state index contributed by atoms with van der Waals surface area (Å²) in [7, 11) is 0. The number of nitriles is 1. The van der Waals surface area contributed by atoms with E-state index < -0.39 is 0 Å². The number of hydrogen-bond donors (Lipinski definition) is 2. The minimum absolute atomic E-state index is 0.0441. The van der Waals surface area contributed by atoms with E-state index in [1.165, 1.54) is 12.4 Å². The van der Waals surface area contributed by atoms with E-state index in [4.69, 9.17) is 5.26 Å². The van der Waals surface area contributed by atoms with Crippen LogP contribution < -0.4 is 10.6 Å². The van der Waals surface area contributed by atoms with Crippen LogP contribution in [0.2, 0.25) is 0 Å². The molecule has 2 rings (SSSR count). The number of anilines is 1. The highest BCUT2D eigenvalue weighted by molar-refractivity contribution is 5.80. The number of amides is 1. The second kappa shape index (κ2) is 5.93. The number of carbonyl (C=O) groups excluding carboxylic acids is 1. The maximum atomic E-state index is 11.8. The van der Waals surface area contributed by atoms with Gasteiger partial charge in [-0.05, 0) is 0 Å². The fourth-order valence-corrected chi connectivity index (χ4v) is 1.67. The molecule has 1 aliphatic rings. The zero-order valence-corrected chi connectivity index (χ0v) is 9.89. The lowest BCUT2D eigenvalue weighted by Crippen LogP contribution is -2.48. The van der Waals surface area contributed by atoms with Crippen molar-refractivity contribution in [1.29, 1.82) is 5.26 Å². The van der Waals surface area contributed by atoms with Gasteiger partial charge in [-0.15, -0.1) is 0 Å². The summed E-state index contributed by atoms with van der Waals surface area (Å²) in [5.41, 5.74) is 0.258. The van der Waals surface area contributed by atoms with Crippen LogP contribution in [-0.2, 0) is 4.79 Å². The summed E-state index contributed by atoms with van der Waals surface area (Å²) < 4.78 is 0. The van der Waals surface area contributed by atoms with Gasteiger partial charge in [0.25, 0.3) is 0 Å². The van der Waals surface area contributed by atoms with Crippen molar-refractivity contribution < 1.29 is 4.79 Å². The summed E-state index contributed by atoms with van der Waals surface area (Å²) in [6.45, 7) is 3.34. The molecule has 94 valence electrons. The molecule has 0 spiro atoms. The molecule has 18 heavy (non-hydrogen) atoms. The quantitative estimate of drug-likeness (QED) is 0.724. The average molecular weight is 246 g/mol. The van der Waals surface area contributed by atoms with Crippen LogP contribution in [0.1, 0.15) is 5.69 Å². The Morgan fingerprint density at radius 2 is 2.22 bits per heavy atom. The van der Waals surface area contributed by atoms with E-state index in [9.17, 15) is 4.79 Å². The normalized spacial score (nSPS) is 14.9. The lowest BCUT2D eigenvalue weighted by Gasteiger charge is -2.27. The topological polar surface area (TPSA) is 93.9 Å². The predicted octanol–water partition coefficient (Wildman–Crippen LogP) is -0.808. The molecule has 2 heterocycles. The molecule has 0 unspecified atom stereocenters. The summed E-state index contributed by atoms with van der Waals surface area (Å²) in [5.74, 6) is 0.542. The Hall–Kier alpha value is -2.20. The molecule has 0 atom stereocenters. The minimum atomic E-state index is 0.0441. The highest BCUT2D eigenvalue weighted by atomic mass is 16.2. The second-order valence-corrected chi connectivity index (χ2v) is 3.88. The molecule has 0 bridgehead atoms. The van der Waals surface area contributed by atoms with Crippen molar-refractivity contribution in [1.82, 2.24) is 20.2 Å². The van der Waals surface area contributed by atoms with Crippen LogP contribution in [0.15, 0.2) is 12.4 Å². The molecule has 1 amide bonds. The molecule has 0 radical (unpaired) electrons. The molecule has 1 aromatic rings. The Bertz CT molecular complexity index is 446. The molecule has 1 saturated heterocycles. The van der Waals surface area contributed by atoms with Gasteiger partial charge in [-0.2, -0.15) is 5.26 Å². The molecule has 7 heteroatoms. The summed E-state index contributed by atoms with van der Waals surface area (Å²) in [5, 5.41) is 14.7. The van der Waals surface area contributed by atoms with Gasteiger partial charge in [-0.1, -0.05) is 0 Å². The number of aromatic nitrogens is 2. The first-order valence-electron chi connectivity index (χ1n) is 5.74. The van der Waals surface area contributed by atoms with Gasteiger partial charge in [-0.3, -0.25) is 4.79 Å². The van der Waals surface area contributed by atoms with Crippen molar-refractivity contribution in [3.63, 3.8) is 0 Å². The van der Waals surface area contributed by atoms with E-state index in [0.717, 1.165) is 26.2 Å². The largest absolute Gasteiger partial charge is 0.360 e. The van der Waals surface area contributed by atoms with Gasteiger partial charge >= 0.3 is 0 Å². The highest BCUT2D eigenvalue weighted by Gasteiger charge is 2.15. The Labute approximate surface area is 105 Å². The van der Waals surface area contributed by atoms with E-state index in [2.05, 4.69) is 20.6 Å². The lowest BCUT2D eigenvalue weighted by molar-refractivity contribution is -0.129. The number of nitrogens with one attached hydrogen (secondary N) is 2. The average Bonchev–Trinajstić information content (AvgIpc) is 2.46. The first-order valence-corrected chi connectivity index (χ1v) is 5.74. The summed E-state index contributed by atoms with van der Waals surface area (Å²) >= 11 is 0. The smallest absolute Gasteiger partial charge is 0.242 e. The predicted molar refractivity (Wildman–Crippen MR) is 64.7 cm³/mol. The van der Waals surface area contributed by atoms with Crippen LogP contribution in [0.3, 0.4) is 0 Å². The highest BCUT2D eigenvalue weighted by Crippen LogP contribution is 2.01. The monoisotopic (exact) mass is 246 g/mol. The summed E-state index contributed by atoms with van der Waals surface area (Å²) in [4.78, 5) is 21.5. The van der Waals surface area contributed by atoms with E-state index in [1.54, 1.807) is 4.90 Å². The van der Waals surface area contributed by atoms with Crippen LogP contribution >= 0.6 is 0 Å². The second-order valence-electron chi connectivity index (χ2n) is 3.88. The van der Waals surface area contributed by atoms with Gasteiger partial charge < -0.3 is 15.5 Å². The van der Waals surface area contributed by atoms with E-state index in [0.29, 0.717) is 5.82 Å². The maximum Gasteiger partial charge on any atom is 0.242 e. The Balaban J connectivity index is 1.83. The van der Waals surface area contributed by atoms with E-state index >= 15 is 0 Å². The zero-order valence-electron chi connectivity index (χ0n) is 9.89. The number of hydrogen-bond acceptors (Lipinski definition) is 6. The maximum absolute atomic E-state index is 11.8. The van der Waals surface area contributed by atoms with Gasteiger partial charge in [-0.25, -0.2) is 9.97 Å². The molecular formula is C11H14N6O. The molecule has 0 aliphatic carbocycles. The molecule has 0 saturated carbocycles. The Morgan fingerprint density at radius 1 is 1.44 bits per heavy atom. The number of nitrogens with zero attached hydrogens (tertiary/aromatic N) is 4.